The molecule has 0 aliphatic heterocycles. The van der Waals surface area contributed by atoms with Gasteiger partial charge in [-0.15, -0.1) is 0 Å². The van der Waals surface area contributed by atoms with Gasteiger partial charge in [0, 0.05) is 33.7 Å². The normalized spacial score (nSPS) is 11.5. The van der Waals surface area contributed by atoms with Crippen LogP contribution in [0.4, 0.5) is 0 Å². The Morgan fingerprint density at radius 1 is 0.304 bits per heavy atom. The van der Waals surface area contributed by atoms with Gasteiger partial charge >= 0.3 is 0 Å². The first-order valence-corrected chi connectivity index (χ1v) is 15.8. The molecule has 7 aromatic carbocycles. The van der Waals surface area contributed by atoms with Gasteiger partial charge < -0.3 is 9.13 Å². The van der Waals surface area contributed by atoms with Crippen LogP contribution in [0.3, 0.4) is 0 Å². The second kappa shape index (κ2) is 10.8. The van der Waals surface area contributed by atoms with Crippen LogP contribution in [0.2, 0.25) is 0 Å². The molecule has 0 aliphatic rings. The Morgan fingerprint density at radius 3 is 1.43 bits per heavy atom. The van der Waals surface area contributed by atoms with Crippen LogP contribution in [0.25, 0.3) is 77.5 Å². The van der Waals surface area contributed by atoms with Gasteiger partial charge in [0.15, 0.2) is 0 Å². The number of aromatic nitrogens is 2. The van der Waals surface area contributed by atoms with E-state index in [1.807, 2.05) is 0 Å². The summed E-state index contributed by atoms with van der Waals surface area (Å²) >= 11 is 0. The summed E-state index contributed by atoms with van der Waals surface area (Å²) in [6.07, 6.45) is 2.20. The zero-order chi connectivity index (χ0) is 30.5. The lowest BCUT2D eigenvalue weighted by atomic mass is 9.99. The van der Waals surface area contributed by atoms with Crippen LogP contribution >= 0.6 is 0 Å². The zero-order valence-corrected chi connectivity index (χ0v) is 25.2. The molecule has 0 saturated carbocycles. The maximum Gasteiger partial charge on any atom is 0.0635 e. The minimum atomic E-state index is 1.15. The average molecular weight is 587 g/mol. The molecular formula is C44H30N2. The molecule has 9 aromatic rings. The van der Waals surface area contributed by atoms with E-state index < -0.39 is 0 Å². The molecule has 216 valence electrons. The van der Waals surface area contributed by atoms with Crippen molar-refractivity contribution in [2.24, 2.45) is 0 Å². The predicted octanol–water partition coefficient (Wildman–Crippen LogP) is 11.7. The Kier molecular flexibility index (Phi) is 6.17. The lowest BCUT2D eigenvalue weighted by Crippen LogP contribution is -1.95. The Labute approximate surface area is 268 Å². The van der Waals surface area contributed by atoms with Crippen molar-refractivity contribution in [1.29, 1.82) is 0 Å². The standard InChI is InChI=1S/C44H30N2/c1-4-10-31(11-5-1)33-16-18-35(19-17-33)36-22-26-43-41(30-36)39-25-27-42-40(44(39)46(43)38-14-8-3-9-15-38)28-29-45(42)37-23-20-34(21-24-37)32-12-6-2-7-13-32/h1-30H. The van der Waals surface area contributed by atoms with E-state index in [0.29, 0.717) is 0 Å². The van der Waals surface area contributed by atoms with E-state index in [4.69, 9.17) is 0 Å². The molecule has 46 heavy (non-hydrogen) atoms. The third-order valence-corrected chi connectivity index (χ3v) is 9.19. The van der Waals surface area contributed by atoms with Crippen molar-refractivity contribution in [3.8, 4) is 44.8 Å². The molecule has 2 heterocycles. The number of para-hydroxylation sites is 1. The van der Waals surface area contributed by atoms with Crippen LogP contribution < -0.4 is 0 Å². The Hall–Kier alpha value is -6.12. The fraction of sp³-hybridized carbons (Fsp3) is 0. The molecular weight excluding hydrogens is 556 g/mol. The number of rotatable bonds is 5. The van der Waals surface area contributed by atoms with Gasteiger partial charge in [-0.25, -0.2) is 0 Å². The van der Waals surface area contributed by atoms with Gasteiger partial charge in [0.1, 0.15) is 0 Å². The van der Waals surface area contributed by atoms with E-state index in [1.165, 1.54) is 66.1 Å². The highest BCUT2D eigenvalue weighted by Gasteiger charge is 2.18. The molecule has 9 rings (SSSR count). The van der Waals surface area contributed by atoms with Crippen LogP contribution in [0, 0.1) is 0 Å². The summed E-state index contributed by atoms with van der Waals surface area (Å²) in [5.74, 6) is 0. The maximum absolute atomic E-state index is 2.43. The molecule has 2 heteroatoms. The zero-order valence-electron chi connectivity index (χ0n) is 25.2. The summed E-state index contributed by atoms with van der Waals surface area (Å²) in [7, 11) is 0. The molecule has 0 bridgehead atoms. The second-order valence-corrected chi connectivity index (χ2v) is 11.8. The largest absolute Gasteiger partial charge is 0.316 e. The molecule has 0 N–H and O–H groups in total. The summed E-state index contributed by atoms with van der Waals surface area (Å²) < 4.78 is 4.73. The lowest BCUT2D eigenvalue weighted by Gasteiger charge is -2.10. The van der Waals surface area contributed by atoms with Crippen molar-refractivity contribution in [2.45, 2.75) is 0 Å². The molecule has 2 aromatic heterocycles. The third-order valence-electron chi connectivity index (χ3n) is 9.19. The molecule has 0 spiro atoms. The van der Waals surface area contributed by atoms with Crippen molar-refractivity contribution in [2.75, 3.05) is 0 Å². The smallest absolute Gasteiger partial charge is 0.0635 e. The van der Waals surface area contributed by atoms with Gasteiger partial charge in [-0.2, -0.15) is 0 Å². The summed E-state index contributed by atoms with van der Waals surface area (Å²) in [6.45, 7) is 0. The molecule has 0 amide bonds. The third kappa shape index (κ3) is 4.35. The fourth-order valence-corrected chi connectivity index (χ4v) is 6.91. The Bertz CT molecular complexity index is 2470. The number of nitrogens with zero attached hydrogens (tertiary/aromatic N) is 2. The average Bonchev–Trinajstić information content (AvgIpc) is 3.72. The van der Waals surface area contributed by atoms with E-state index in [1.54, 1.807) is 0 Å². The molecule has 0 atom stereocenters. The first kappa shape index (κ1) is 26.3. The van der Waals surface area contributed by atoms with Gasteiger partial charge in [-0.05, 0) is 81.9 Å². The van der Waals surface area contributed by atoms with E-state index >= 15 is 0 Å². The monoisotopic (exact) mass is 586 g/mol. The van der Waals surface area contributed by atoms with Crippen molar-refractivity contribution < 1.29 is 0 Å². The van der Waals surface area contributed by atoms with Crippen molar-refractivity contribution >= 4 is 32.7 Å². The van der Waals surface area contributed by atoms with E-state index in [2.05, 4.69) is 191 Å². The first-order chi connectivity index (χ1) is 22.8. The summed E-state index contributed by atoms with van der Waals surface area (Å²) in [5.41, 5.74) is 13.3. The van der Waals surface area contributed by atoms with Crippen LogP contribution in [0.1, 0.15) is 0 Å². The van der Waals surface area contributed by atoms with Crippen molar-refractivity contribution in [3.05, 3.63) is 182 Å². The number of fused-ring (bicyclic) bond motifs is 5. The first-order valence-electron chi connectivity index (χ1n) is 15.8. The summed E-state index contributed by atoms with van der Waals surface area (Å²) in [6, 6.07) is 63.4. The van der Waals surface area contributed by atoms with Gasteiger partial charge in [-0.1, -0.05) is 127 Å². The molecule has 0 aliphatic carbocycles. The predicted molar refractivity (Wildman–Crippen MR) is 194 cm³/mol. The molecule has 0 unspecified atom stereocenters. The highest BCUT2D eigenvalue weighted by atomic mass is 15.0. The van der Waals surface area contributed by atoms with E-state index in [-0.39, 0.29) is 0 Å². The topological polar surface area (TPSA) is 9.86 Å². The van der Waals surface area contributed by atoms with Crippen molar-refractivity contribution in [3.63, 3.8) is 0 Å². The summed E-state index contributed by atoms with van der Waals surface area (Å²) in [4.78, 5) is 0. The Morgan fingerprint density at radius 2 is 0.804 bits per heavy atom. The summed E-state index contributed by atoms with van der Waals surface area (Å²) in [5, 5.41) is 3.75. The van der Waals surface area contributed by atoms with E-state index in [9.17, 15) is 0 Å². The minimum Gasteiger partial charge on any atom is -0.316 e. The van der Waals surface area contributed by atoms with Crippen LogP contribution in [0.15, 0.2) is 182 Å². The van der Waals surface area contributed by atoms with Gasteiger partial charge in [0.05, 0.1) is 16.6 Å². The number of hydrogen-bond donors (Lipinski definition) is 0. The molecule has 0 radical (unpaired) electrons. The van der Waals surface area contributed by atoms with Gasteiger partial charge in [-0.3, -0.25) is 0 Å². The number of benzene rings is 7. The van der Waals surface area contributed by atoms with Crippen LogP contribution in [-0.2, 0) is 0 Å². The Balaban J connectivity index is 1.20. The van der Waals surface area contributed by atoms with Gasteiger partial charge in [0.2, 0.25) is 0 Å². The molecule has 2 nitrogen and oxygen atoms in total. The van der Waals surface area contributed by atoms with Gasteiger partial charge in [0.25, 0.3) is 0 Å². The fourth-order valence-electron chi connectivity index (χ4n) is 6.91. The molecule has 0 fully saturated rings. The van der Waals surface area contributed by atoms with Crippen molar-refractivity contribution in [1.82, 2.24) is 9.13 Å². The number of hydrogen-bond acceptors (Lipinski definition) is 0. The van der Waals surface area contributed by atoms with E-state index in [0.717, 1.165) is 11.4 Å². The van der Waals surface area contributed by atoms with Crippen LogP contribution in [0.5, 0.6) is 0 Å². The minimum absolute atomic E-state index is 1.15. The highest BCUT2D eigenvalue weighted by Crippen LogP contribution is 2.39. The maximum atomic E-state index is 2.43. The highest BCUT2D eigenvalue weighted by molar-refractivity contribution is 6.19. The quantitative estimate of drug-likeness (QED) is 0.190. The van der Waals surface area contributed by atoms with Crippen LogP contribution in [-0.4, -0.2) is 9.13 Å². The second-order valence-electron chi connectivity index (χ2n) is 11.8. The SMILES string of the molecule is c1ccc(-c2ccc(-c3ccc4c(c3)c3ccc5c(ccn5-c5ccc(-c6ccccc6)cc5)c3n4-c3ccccc3)cc2)cc1. The lowest BCUT2D eigenvalue weighted by molar-refractivity contribution is 1.13. The molecule has 0 saturated heterocycles.